The SMILES string of the molecule is CCCCCCCCCCCCCCc1ccc(OCC2COC(C)(C)O2)c(CC)c1. The minimum atomic E-state index is -0.486. The highest BCUT2D eigenvalue weighted by atomic mass is 16.7. The molecule has 178 valence electrons. The van der Waals surface area contributed by atoms with E-state index in [9.17, 15) is 0 Å². The number of hydrogen-bond acceptors (Lipinski definition) is 3. The summed E-state index contributed by atoms with van der Waals surface area (Å²) in [6.07, 6.45) is 19.0. The Morgan fingerprint density at radius 3 is 2.03 bits per heavy atom. The van der Waals surface area contributed by atoms with Crippen LogP contribution in [0.15, 0.2) is 18.2 Å². The largest absolute Gasteiger partial charge is 0.491 e. The van der Waals surface area contributed by atoms with Gasteiger partial charge in [0.25, 0.3) is 0 Å². The highest BCUT2D eigenvalue weighted by Crippen LogP contribution is 2.26. The minimum Gasteiger partial charge on any atom is -0.491 e. The lowest BCUT2D eigenvalue weighted by molar-refractivity contribution is -0.141. The summed E-state index contributed by atoms with van der Waals surface area (Å²) in [7, 11) is 0. The minimum absolute atomic E-state index is 0.0143. The van der Waals surface area contributed by atoms with Gasteiger partial charge in [0.05, 0.1) is 6.61 Å². The molecule has 1 aromatic rings. The molecule has 0 N–H and O–H groups in total. The van der Waals surface area contributed by atoms with Gasteiger partial charge in [0.2, 0.25) is 0 Å². The van der Waals surface area contributed by atoms with Crippen molar-refractivity contribution in [2.45, 2.75) is 129 Å². The zero-order valence-corrected chi connectivity index (χ0v) is 20.8. The van der Waals surface area contributed by atoms with Gasteiger partial charge in [-0.15, -0.1) is 0 Å². The van der Waals surface area contributed by atoms with Crippen molar-refractivity contribution < 1.29 is 14.2 Å². The molecule has 1 aromatic carbocycles. The molecule has 1 unspecified atom stereocenters. The van der Waals surface area contributed by atoms with Crippen molar-refractivity contribution in [1.29, 1.82) is 0 Å². The molecule has 1 heterocycles. The molecular weight excluding hydrogens is 384 g/mol. The van der Waals surface area contributed by atoms with E-state index in [0.29, 0.717) is 13.2 Å². The summed E-state index contributed by atoms with van der Waals surface area (Å²) in [5, 5.41) is 0. The molecule has 0 radical (unpaired) electrons. The van der Waals surface area contributed by atoms with Gasteiger partial charge in [0.1, 0.15) is 18.5 Å². The van der Waals surface area contributed by atoms with Gasteiger partial charge < -0.3 is 14.2 Å². The van der Waals surface area contributed by atoms with E-state index in [0.717, 1.165) is 12.2 Å². The molecule has 0 aromatic heterocycles. The van der Waals surface area contributed by atoms with Gasteiger partial charge in [-0.25, -0.2) is 0 Å². The predicted molar refractivity (Wildman–Crippen MR) is 131 cm³/mol. The van der Waals surface area contributed by atoms with Gasteiger partial charge in [-0.2, -0.15) is 0 Å². The Morgan fingerprint density at radius 2 is 1.48 bits per heavy atom. The van der Waals surface area contributed by atoms with Crippen LogP contribution in [0.5, 0.6) is 5.75 Å². The third-order valence-electron chi connectivity index (χ3n) is 6.32. The van der Waals surface area contributed by atoms with E-state index in [4.69, 9.17) is 14.2 Å². The molecule has 1 aliphatic rings. The van der Waals surface area contributed by atoms with Crippen molar-refractivity contribution in [3.63, 3.8) is 0 Å². The second-order valence-corrected chi connectivity index (χ2v) is 9.70. The summed E-state index contributed by atoms with van der Waals surface area (Å²) in [4.78, 5) is 0. The summed E-state index contributed by atoms with van der Waals surface area (Å²) in [5.74, 6) is 0.508. The molecule has 3 heteroatoms. The number of unbranched alkanes of at least 4 members (excludes halogenated alkanes) is 11. The summed E-state index contributed by atoms with van der Waals surface area (Å²) in [6, 6.07) is 6.72. The van der Waals surface area contributed by atoms with E-state index in [1.165, 1.54) is 94.6 Å². The lowest BCUT2D eigenvalue weighted by Gasteiger charge is -2.18. The molecule has 0 spiro atoms. The second kappa shape index (κ2) is 14.9. The van der Waals surface area contributed by atoms with Crippen molar-refractivity contribution in [2.75, 3.05) is 13.2 Å². The van der Waals surface area contributed by atoms with E-state index < -0.39 is 5.79 Å². The number of hydrogen-bond donors (Lipinski definition) is 0. The smallest absolute Gasteiger partial charge is 0.163 e. The molecule has 31 heavy (non-hydrogen) atoms. The molecule has 1 fully saturated rings. The molecule has 0 bridgehead atoms. The van der Waals surface area contributed by atoms with E-state index in [-0.39, 0.29) is 6.10 Å². The summed E-state index contributed by atoms with van der Waals surface area (Å²) in [5.41, 5.74) is 2.74. The van der Waals surface area contributed by atoms with Crippen LogP contribution in [0.25, 0.3) is 0 Å². The Labute approximate surface area is 192 Å². The van der Waals surface area contributed by atoms with E-state index in [1.807, 2.05) is 13.8 Å². The molecule has 0 aliphatic carbocycles. The van der Waals surface area contributed by atoms with Crippen LogP contribution in [0.1, 0.15) is 116 Å². The van der Waals surface area contributed by atoms with Crippen LogP contribution in [0, 0.1) is 0 Å². The topological polar surface area (TPSA) is 27.7 Å². The van der Waals surface area contributed by atoms with Crippen LogP contribution < -0.4 is 4.74 Å². The first kappa shape index (κ1) is 26.2. The molecule has 0 amide bonds. The predicted octanol–water partition coefficient (Wildman–Crippen LogP) is 8.02. The molecule has 1 saturated heterocycles. The Hall–Kier alpha value is -1.06. The Bertz CT molecular complexity index is 596. The normalized spacial score (nSPS) is 17.9. The molecule has 1 atom stereocenters. The lowest BCUT2D eigenvalue weighted by atomic mass is 10.0. The molecule has 2 rings (SSSR count). The Morgan fingerprint density at radius 1 is 0.871 bits per heavy atom. The molecule has 1 aliphatic heterocycles. The molecular formula is C28H48O3. The summed E-state index contributed by atoms with van der Waals surface area (Å²) in [6.45, 7) is 9.55. The van der Waals surface area contributed by atoms with Crippen molar-refractivity contribution >= 4 is 0 Å². The first-order valence-electron chi connectivity index (χ1n) is 13.1. The Kier molecular flexibility index (Phi) is 12.6. The van der Waals surface area contributed by atoms with Gasteiger partial charge in [-0.05, 0) is 50.3 Å². The van der Waals surface area contributed by atoms with Crippen molar-refractivity contribution in [2.24, 2.45) is 0 Å². The maximum atomic E-state index is 6.07. The fourth-order valence-electron chi connectivity index (χ4n) is 4.40. The van der Waals surface area contributed by atoms with Gasteiger partial charge >= 0.3 is 0 Å². The maximum Gasteiger partial charge on any atom is 0.163 e. The lowest BCUT2D eigenvalue weighted by Crippen LogP contribution is -2.25. The van der Waals surface area contributed by atoms with Gasteiger partial charge in [-0.3, -0.25) is 0 Å². The average molecular weight is 433 g/mol. The van der Waals surface area contributed by atoms with Gasteiger partial charge in [-0.1, -0.05) is 96.6 Å². The number of ether oxygens (including phenoxy) is 3. The van der Waals surface area contributed by atoms with E-state index in [1.54, 1.807) is 0 Å². The van der Waals surface area contributed by atoms with Crippen LogP contribution >= 0.6 is 0 Å². The Balaban J connectivity index is 1.56. The number of benzene rings is 1. The third kappa shape index (κ3) is 10.9. The molecule has 0 saturated carbocycles. The van der Waals surface area contributed by atoms with Crippen LogP contribution in [0.4, 0.5) is 0 Å². The number of aryl methyl sites for hydroxylation is 2. The fourth-order valence-corrected chi connectivity index (χ4v) is 4.40. The third-order valence-corrected chi connectivity index (χ3v) is 6.32. The van der Waals surface area contributed by atoms with E-state index in [2.05, 4.69) is 32.0 Å². The highest BCUT2D eigenvalue weighted by molar-refractivity contribution is 5.37. The standard InChI is InChI=1S/C28H48O3/c1-5-7-8-9-10-11-12-13-14-15-16-17-18-24-19-20-27(25(6-2)21-24)29-22-26-23-30-28(3,4)31-26/h19-21,26H,5-18,22-23H2,1-4H3. The first-order chi connectivity index (χ1) is 15.0. The van der Waals surface area contributed by atoms with Crippen LogP contribution in [0.3, 0.4) is 0 Å². The average Bonchev–Trinajstić information content (AvgIpc) is 3.12. The summed E-state index contributed by atoms with van der Waals surface area (Å²) < 4.78 is 17.5. The summed E-state index contributed by atoms with van der Waals surface area (Å²) >= 11 is 0. The van der Waals surface area contributed by atoms with Crippen LogP contribution in [-0.4, -0.2) is 25.1 Å². The van der Waals surface area contributed by atoms with E-state index >= 15 is 0 Å². The van der Waals surface area contributed by atoms with Crippen LogP contribution in [-0.2, 0) is 22.3 Å². The zero-order valence-electron chi connectivity index (χ0n) is 20.8. The molecule has 3 nitrogen and oxygen atoms in total. The quantitative estimate of drug-likeness (QED) is 0.233. The zero-order chi connectivity index (χ0) is 22.4. The van der Waals surface area contributed by atoms with Crippen molar-refractivity contribution in [1.82, 2.24) is 0 Å². The van der Waals surface area contributed by atoms with Crippen molar-refractivity contribution in [3.05, 3.63) is 29.3 Å². The highest BCUT2D eigenvalue weighted by Gasteiger charge is 2.33. The first-order valence-corrected chi connectivity index (χ1v) is 13.1. The van der Waals surface area contributed by atoms with Crippen molar-refractivity contribution in [3.8, 4) is 5.75 Å². The van der Waals surface area contributed by atoms with Crippen LogP contribution in [0.2, 0.25) is 0 Å². The van der Waals surface area contributed by atoms with Gasteiger partial charge in [0.15, 0.2) is 5.79 Å². The fraction of sp³-hybridized carbons (Fsp3) is 0.786. The monoisotopic (exact) mass is 432 g/mol. The van der Waals surface area contributed by atoms with Gasteiger partial charge in [0, 0.05) is 0 Å². The maximum absolute atomic E-state index is 6.07. The second-order valence-electron chi connectivity index (χ2n) is 9.70. The number of rotatable bonds is 17.